The molecule has 0 aliphatic carbocycles. The van der Waals surface area contributed by atoms with Crippen molar-refractivity contribution in [2.75, 3.05) is 40.0 Å². The highest BCUT2D eigenvalue weighted by molar-refractivity contribution is 5.80. The first-order valence-corrected chi connectivity index (χ1v) is 5.46. The molecular formula is C10H19N3O2. The van der Waals surface area contributed by atoms with Crippen molar-refractivity contribution >= 4 is 5.96 Å². The van der Waals surface area contributed by atoms with Crippen molar-refractivity contribution in [3.63, 3.8) is 0 Å². The number of nitrogens with two attached hydrogens (primary N) is 1. The number of aliphatic imine (C=N–C) groups is 1. The Kier molecular flexibility index (Phi) is 3.43. The molecular weight excluding hydrogens is 194 g/mol. The maximum absolute atomic E-state index is 5.86. The van der Waals surface area contributed by atoms with Gasteiger partial charge in [0.2, 0.25) is 0 Å². The minimum absolute atomic E-state index is 0.419. The van der Waals surface area contributed by atoms with Crippen LogP contribution in [0, 0.1) is 5.92 Å². The monoisotopic (exact) mass is 213 g/mol. The van der Waals surface area contributed by atoms with Crippen LogP contribution >= 0.6 is 0 Å². The lowest BCUT2D eigenvalue weighted by atomic mass is 9.98. The van der Waals surface area contributed by atoms with Crippen molar-refractivity contribution in [2.45, 2.75) is 12.5 Å². The Morgan fingerprint density at radius 2 is 2.53 bits per heavy atom. The molecule has 0 radical (unpaired) electrons. The summed E-state index contributed by atoms with van der Waals surface area (Å²) in [7, 11) is 1.71. The summed E-state index contributed by atoms with van der Waals surface area (Å²) in [5, 5.41) is 0. The molecule has 0 saturated carbocycles. The van der Waals surface area contributed by atoms with Gasteiger partial charge in [0.25, 0.3) is 0 Å². The van der Waals surface area contributed by atoms with Crippen LogP contribution in [0.3, 0.4) is 0 Å². The number of ether oxygens (including phenoxy) is 2. The number of nitrogens with zero attached hydrogens (tertiary/aromatic N) is 2. The van der Waals surface area contributed by atoms with Gasteiger partial charge in [-0.15, -0.1) is 0 Å². The van der Waals surface area contributed by atoms with Gasteiger partial charge in [0.15, 0.2) is 5.96 Å². The molecule has 0 spiro atoms. The normalized spacial score (nSPS) is 31.0. The van der Waals surface area contributed by atoms with E-state index >= 15 is 0 Å². The smallest absolute Gasteiger partial charge is 0.191 e. The van der Waals surface area contributed by atoms with E-state index in [2.05, 4.69) is 9.89 Å². The van der Waals surface area contributed by atoms with Crippen LogP contribution in [0.25, 0.3) is 0 Å². The summed E-state index contributed by atoms with van der Waals surface area (Å²) in [6.07, 6.45) is 1.12. The summed E-state index contributed by atoms with van der Waals surface area (Å²) in [4.78, 5) is 6.46. The van der Waals surface area contributed by atoms with Crippen LogP contribution in [0.2, 0.25) is 0 Å². The van der Waals surface area contributed by atoms with Gasteiger partial charge in [0.1, 0.15) is 0 Å². The summed E-state index contributed by atoms with van der Waals surface area (Å²) < 4.78 is 10.5. The van der Waals surface area contributed by atoms with Crippen molar-refractivity contribution in [3.05, 3.63) is 0 Å². The summed E-state index contributed by atoms with van der Waals surface area (Å²) in [6, 6.07) is 0.419. The first kappa shape index (κ1) is 10.7. The van der Waals surface area contributed by atoms with Crippen molar-refractivity contribution in [1.29, 1.82) is 0 Å². The van der Waals surface area contributed by atoms with E-state index in [0.717, 1.165) is 32.7 Å². The lowest BCUT2D eigenvalue weighted by Crippen LogP contribution is -2.46. The molecule has 2 aliphatic heterocycles. The molecule has 0 amide bonds. The number of methoxy groups -OCH3 is 1. The minimum Gasteiger partial charge on any atom is -0.383 e. The Labute approximate surface area is 90.2 Å². The van der Waals surface area contributed by atoms with E-state index in [9.17, 15) is 0 Å². The van der Waals surface area contributed by atoms with E-state index in [1.54, 1.807) is 7.11 Å². The van der Waals surface area contributed by atoms with Gasteiger partial charge < -0.3 is 20.1 Å². The zero-order chi connectivity index (χ0) is 10.7. The second kappa shape index (κ2) is 4.81. The number of guanidine groups is 1. The van der Waals surface area contributed by atoms with E-state index in [4.69, 9.17) is 15.2 Å². The SMILES string of the molecule is COCCN1C(N)=NCC1C1CCOC1. The average molecular weight is 213 g/mol. The van der Waals surface area contributed by atoms with Crippen LogP contribution in [-0.4, -0.2) is 56.9 Å². The van der Waals surface area contributed by atoms with Gasteiger partial charge in [-0.2, -0.15) is 0 Å². The van der Waals surface area contributed by atoms with Gasteiger partial charge in [0, 0.05) is 26.2 Å². The predicted octanol–water partition coefficient (Wildman–Crippen LogP) is -0.332. The zero-order valence-electron chi connectivity index (χ0n) is 9.19. The molecule has 86 valence electrons. The standard InChI is InChI=1S/C10H19N3O2/c1-14-5-3-13-9(6-12-10(13)11)8-2-4-15-7-8/h8-9H,2-7H2,1H3,(H2,11,12). The largest absolute Gasteiger partial charge is 0.383 e. The molecule has 0 aromatic carbocycles. The van der Waals surface area contributed by atoms with Crippen LogP contribution in [-0.2, 0) is 9.47 Å². The maximum Gasteiger partial charge on any atom is 0.191 e. The molecule has 2 unspecified atom stereocenters. The molecule has 2 atom stereocenters. The second-order valence-corrected chi connectivity index (χ2v) is 4.08. The molecule has 1 saturated heterocycles. The molecule has 0 bridgehead atoms. The van der Waals surface area contributed by atoms with Crippen molar-refractivity contribution < 1.29 is 9.47 Å². The van der Waals surface area contributed by atoms with Crippen molar-refractivity contribution in [3.8, 4) is 0 Å². The van der Waals surface area contributed by atoms with E-state index in [-0.39, 0.29) is 0 Å². The van der Waals surface area contributed by atoms with E-state index in [1.807, 2.05) is 0 Å². The van der Waals surface area contributed by atoms with Gasteiger partial charge >= 0.3 is 0 Å². The molecule has 2 N–H and O–H groups in total. The number of hydrogen-bond donors (Lipinski definition) is 1. The molecule has 5 heteroatoms. The fourth-order valence-corrected chi connectivity index (χ4v) is 2.28. The summed E-state index contributed by atoms with van der Waals surface area (Å²) in [6.45, 7) is 4.05. The Hall–Kier alpha value is -0.810. The minimum atomic E-state index is 0.419. The van der Waals surface area contributed by atoms with Crippen LogP contribution in [0.15, 0.2) is 4.99 Å². The highest BCUT2D eigenvalue weighted by atomic mass is 16.5. The quantitative estimate of drug-likeness (QED) is 0.694. The summed E-state index contributed by atoms with van der Waals surface area (Å²) >= 11 is 0. The van der Waals surface area contributed by atoms with Crippen LogP contribution < -0.4 is 5.73 Å². The van der Waals surface area contributed by atoms with Crippen LogP contribution in [0.5, 0.6) is 0 Å². The Morgan fingerprint density at radius 3 is 3.20 bits per heavy atom. The van der Waals surface area contributed by atoms with Gasteiger partial charge in [0.05, 0.1) is 25.8 Å². The summed E-state index contributed by atoms with van der Waals surface area (Å²) in [5.74, 6) is 1.23. The molecule has 0 aromatic heterocycles. The average Bonchev–Trinajstić information content (AvgIpc) is 2.84. The molecule has 5 nitrogen and oxygen atoms in total. The molecule has 15 heavy (non-hydrogen) atoms. The van der Waals surface area contributed by atoms with Crippen LogP contribution in [0.1, 0.15) is 6.42 Å². The van der Waals surface area contributed by atoms with E-state index < -0.39 is 0 Å². The van der Waals surface area contributed by atoms with Gasteiger partial charge in [-0.05, 0) is 6.42 Å². The van der Waals surface area contributed by atoms with Gasteiger partial charge in [-0.25, -0.2) is 0 Å². The van der Waals surface area contributed by atoms with Gasteiger partial charge in [-0.3, -0.25) is 4.99 Å². The zero-order valence-corrected chi connectivity index (χ0v) is 9.19. The lowest BCUT2D eigenvalue weighted by Gasteiger charge is -2.29. The molecule has 2 heterocycles. The van der Waals surface area contributed by atoms with E-state index in [1.165, 1.54) is 0 Å². The van der Waals surface area contributed by atoms with Crippen molar-refractivity contribution in [1.82, 2.24) is 4.90 Å². The van der Waals surface area contributed by atoms with Gasteiger partial charge in [-0.1, -0.05) is 0 Å². The van der Waals surface area contributed by atoms with Crippen LogP contribution in [0.4, 0.5) is 0 Å². The fourth-order valence-electron chi connectivity index (χ4n) is 2.28. The Balaban J connectivity index is 1.93. The lowest BCUT2D eigenvalue weighted by molar-refractivity contribution is 0.137. The molecule has 1 fully saturated rings. The third-order valence-electron chi connectivity index (χ3n) is 3.18. The second-order valence-electron chi connectivity index (χ2n) is 4.08. The number of hydrogen-bond acceptors (Lipinski definition) is 5. The highest BCUT2D eigenvalue weighted by Gasteiger charge is 2.34. The third kappa shape index (κ3) is 2.23. The molecule has 2 rings (SSSR count). The highest BCUT2D eigenvalue weighted by Crippen LogP contribution is 2.24. The van der Waals surface area contributed by atoms with E-state index in [0.29, 0.717) is 24.5 Å². The first-order valence-electron chi connectivity index (χ1n) is 5.46. The predicted molar refractivity (Wildman–Crippen MR) is 57.8 cm³/mol. The molecule has 2 aliphatic rings. The first-order chi connectivity index (χ1) is 7.33. The Bertz CT molecular complexity index is 239. The van der Waals surface area contributed by atoms with Crippen molar-refractivity contribution in [2.24, 2.45) is 16.6 Å². The maximum atomic E-state index is 5.86. The summed E-state index contributed by atoms with van der Waals surface area (Å²) in [5.41, 5.74) is 5.86. The molecule has 0 aromatic rings. The third-order valence-corrected chi connectivity index (χ3v) is 3.18. The topological polar surface area (TPSA) is 60.1 Å². The Morgan fingerprint density at radius 1 is 1.67 bits per heavy atom. The number of rotatable bonds is 4. The fraction of sp³-hybridized carbons (Fsp3) is 0.900.